The van der Waals surface area contributed by atoms with Crippen LogP contribution in [0.5, 0.6) is 0 Å². The summed E-state index contributed by atoms with van der Waals surface area (Å²) < 4.78 is 0.955. The summed E-state index contributed by atoms with van der Waals surface area (Å²) >= 11 is 3.35. The number of rotatable bonds is 1. The second-order valence-electron chi connectivity index (χ2n) is 2.76. The lowest BCUT2D eigenvalue weighted by atomic mass is 10.3. The number of halogens is 1. The van der Waals surface area contributed by atoms with Crippen LogP contribution in [-0.4, -0.2) is 16.6 Å². The van der Waals surface area contributed by atoms with Crippen LogP contribution in [0.3, 0.4) is 0 Å². The molecule has 0 atom stereocenters. The van der Waals surface area contributed by atoms with Gasteiger partial charge in [0.1, 0.15) is 4.60 Å². The zero-order valence-electron chi connectivity index (χ0n) is 6.98. The van der Waals surface area contributed by atoms with Crippen molar-refractivity contribution in [2.45, 2.75) is 18.8 Å². The first-order valence-corrected chi connectivity index (χ1v) is 4.77. The van der Waals surface area contributed by atoms with Crippen molar-refractivity contribution in [1.29, 1.82) is 0 Å². The smallest absolute Gasteiger partial charge is 0.290 e. The second-order valence-corrected chi connectivity index (χ2v) is 3.58. The molecule has 13 heavy (non-hydrogen) atoms. The highest BCUT2D eigenvalue weighted by molar-refractivity contribution is 9.10. The Morgan fingerprint density at radius 3 is 2.62 bits per heavy atom. The molecule has 0 aromatic carbocycles. The quantitative estimate of drug-likeness (QED) is 0.609. The van der Waals surface area contributed by atoms with Crippen molar-refractivity contribution in [2.75, 3.05) is 0 Å². The maximum atomic E-state index is 8.36. The summed E-state index contributed by atoms with van der Waals surface area (Å²) in [5.41, 5.74) is 1.24. The van der Waals surface area contributed by atoms with Crippen LogP contribution in [0.15, 0.2) is 22.8 Å². The van der Waals surface area contributed by atoms with Gasteiger partial charge in [0.15, 0.2) is 0 Å². The lowest BCUT2D eigenvalue weighted by molar-refractivity contribution is -0.122. The molecule has 0 spiro atoms. The zero-order valence-corrected chi connectivity index (χ0v) is 8.57. The number of carbonyl (C=O) groups is 1. The minimum atomic E-state index is -0.250. The molecular weight excluding hydrogens is 234 g/mol. The minimum absolute atomic E-state index is 0.250. The summed E-state index contributed by atoms with van der Waals surface area (Å²) in [4.78, 5) is 12.7. The fourth-order valence-electron chi connectivity index (χ4n) is 1.03. The van der Waals surface area contributed by atoms with Crippen LogP contribution < -0.4 is 0 Å². The topological polar surface area (TPSA) is 50.2 Å². The molecule has 0 unspecified atom stereocenters. The van der Waals surface area contributed by atoms with Crippen LogP contribution >= 0.6 is 15.9 Å². The molecule has 1 fully saturated rings. The number of hydrogen-bond acceptors (Lipinski definition) is 2. The van der Waals surface area contributed by atoms with Gasteiger partial charge >= 0.3 is 0 Å². The molecular formula is C9H10BrNO2. The number of pyridine rings is 1. The zero-order chi connectivity index (χ0) is 9.68. The number of aromatic nitrogens is 1. The molecule has 0 saturated heterocycles. The molecule has 1 heterocycles. The highest BCUT2D eigenvalue weighted by atomic mass is 79.9. The van der Waals surface area contributed by atoms with Crippen LogP contribution in [0, 0.1) is 0 Å². The van der Waals surface area contributed by atoms with E-state index < -0.39 is 0 Å². The van der Waals surface area contributed by atoms with Gasteiger partial charge in [0.25, 0.3) is 6.47 Å². The summed E-state index contributed by atoms with van der Waals surface area (Å²) in [5.74, 6) is 0.762. The first-order valence-electron chi connectivity index (χ1n) is 3.98. The van der Waals surface area contributed by atoms with E-state index >= 15 is 0 Å². The Morgan fingerprint density at radius 2 is 2.15 bits per heavy atom. The maximum absolute atomic E-state index is 8.36. The van der Waals surface area contributed by atoms with Gasteiger partial charge in [0.2, 0.25) is 0 Å². The predicted octanol–water partition coefficient (Wildman–Crippen LogP) is 2.42. The van der Waals surface area contributed by atoms with Crippen LogP contribution in [0.1, 0.15) is 24.5 Å². The Hall–Kier alpha value is -0.900. The third-order valence-corrected chi connectivity index (χ3v) is 2.17. The van der Waals surface area contributed by atoms with E-state index in [1.54, 1.807) is 0 Å². The monoisotopic (exact) mass is 243 g/mol. The highest BCUT2D eigenvalue weighted by Gasteiger charge is 2.24. The van der Waals surface area contributed by atoms with Gasteiger partial charge in [0, 0.05) is 11.6 Å². The predicted molar refractivity (Wildman–Crippen MR) is 52.6 cm³/mol. The van der Waals surface area contributed by atoms with Gasteiger partial charge in [-0.2, -0.15) is 0 Å². The van der Waals surface area contributed by atoms with Gasteiger partial charge < -0.3 is 5.11 Å². The van der Waals surface area contributed by atoms with E-state index in [0.717, 1.165) is 10.5 Å². The fourth-order valence-corrected chi connectivity index (χ4v) is 1.39. The van der Waals surface area contributed by atoms with Gasteiger partial charge in [-0.15, -0.1) is 0 Å². The number of hydrogen-bond donors (Lipinski definition) is 1. The van der Waals surface area contributed by atoms with Crippen molar-refractivity contribution in [1.82, 2.24) is 4.98 Å². The Labute approximate surface area is 84.9 Å². The van der Waals surface area contributed by atoms with Crippen molar-refractivity contribution in [3.05, 3.63) is 28.5 Å². The SMILES string of the molecule is Brc1cccc(C2CC2)n1.O=CO. The molecule has 70 valence electrons. The van der Waals surface area contributed by atoms with E-state index in [2.05, 4.69) is 27.0 Å². The Morgan fingerprint density at radius 1 is 1.54 bits per heavy atom. The summed E-state index contributed by atoms with van der Waals surface area (Å²) in [6.45, 7) is -0.250. The molecule has 2 rings (SSSR count). The van der Waals surface area contributed by atoms with Crippen molar-refractivity contribution < 1.29 is 9.90 Å². The molecule has 1 aromatic heterocycles. The van der Waals surface area contributed by atoms with E-state index in [4.69, 9.17) is 9.90 Å². The Bertz CT molecular complexity index is 287. The van der Waals surface area contributed by atoms with Gasteiger partial charge in [-0.1, -0.05) is 6.07 Å². The van der Waals surface area contributed by atoms with Crippen LogP contribution in [0.2, 0.25) is 0 Å². The van der Waals surface area contributed by atoms with Crippen LogP contribution in [0.25, 0.3) is 0 Å². The fraction of sp³-hybridized carbons (Fsp3) is 0.333. The number of nitrogens with zero attached hydrogens (tertiary/aromatic N) is 1. The van der Waals surface area contributed by atoms with E-state index in [-0.39, 0.29) is 6.47 Å². The van der Waals surface area contributed by atoms with Crippen molar-refractivity contribution >= 4 is 22.4 Å². The third-order valence-electron chi connectivity index (χ3n) is 1.73. The summed E-state index contributed by atoms with van der Waals surface area (Å²) in [5, 5.41) is 6.89. The molecule has 1 aliphatic rings. The van der Waals surface area contributed by atoms with Crippen molar-refractivity contribution in [2.24, 2.45) is 0 Å². The van der Waals surface area contributed by atoms with Gasteiger partial charge in [-0.05, 0) is 40.9 Å². The standard InChI is InChI=1S/C8H8BrN.CH2O2/c9-8-3-1-2-7(10-8)6-4-5-6;2-1-3/h1-3,6H,4-5H2;1H,(H,2,3). The van der Waals surface area contributed by atoms with Crippen molar-refractivity contribution in [3.8, 4) is 0 Å². The first-order chi connectivity index (χ1) is 6.27. The summed E-state index contributed by atoms with van der Waals surface area (Å²) in [6, 6.07) is 6.11. The van der Waals surface area contributed by atoms with E-state index in [1.807, 2.05) is 12.1 Å². The lowest BCUT2D eigenvalue weighted by Crippen LogP contribution is -1.84. The lowest BCUT2D eigenvalue weighted by Gasteiger charge is -1.95. The van der Waals surface area contributed by atoms with Crippen molar-refractivity contribution in [3.63, 3.8) is 0 Å². The molecule has 4 heteroatoms. The average molecular weight is 244 g/mol. The van der Waals surface area contributed by atoms with Gasteiger partial charge in [-0.3, -0.25) is 4.79 Å². The second kappa shape index (κ2) is 4.97. The van der Waals surface area contributed by atoms with E-state index in [1.165, 1.54) is 18.5 Å². The third kappa shape index (κ3) is 3.55. The normalized spacial score (nSPS) is 14.2. The molecule has 0 amide bonds. The first kappa shape index (κ1) is 10.2. The molecule has 1 N–H and O–H groups in total. The molecule has 0 radical (unpaired) electrons. The molecule has 1 aromatic rings. The van der Waals surface area contributed by atoms with Crippen LogP contribution in [0.4, 0.5) is 0 Å². The van der Waals surface area contributed by atoms with Gasteiger partial charge in [-0.25, -0.2) is 4.98 Å². The Balaban J connectivity index is 0.000000251. The molecule has 0 bridgehead atoms. The minimum Gasteiger partial charge on any atom is -0.483 e. The maximum Gasteiger partial charge on any atom is 0.290 e. The average Bonchev–Trinajstić information content (AvgIpc) is 2.87. The molecule has 3 nitrogen and oxygen atoms in total. The van der Waals surface area contributed by atoms with Crippen LogP contribution in [-0.2, 0) is 4.79 Å². The number of carboxylic acid groups (broad SMARTS) is 1. The van der Waals surface area contributed by atoms with E-state index in [0.29, 0.717) is 0 Å². The van der Waals surface area contributed by atoms with Gasteiger partial charge in [0.05, 0.1) is 0 Å². The molecule has 0 aliphatic heterocycles. The van der Waals surface area contributed by atoms with E-state index in [9.17, 15) is 0 Å². The largest absolute Gasteiger partial charge is 0.483 e. The molecule has 1 aliphatic carbocycles. The summed E-state index contributed by atoms with van der Waals surface area (Å²) in [7, 11) is 0. The molecule has 1 saturated carbocycles. The summed E-state index contributed by atoms with van der Waals surface area (Å²) in [6.07, 6.45) is 2.65. The Kier molecular flexibility index (Phi) is 3.89. The highest BCUT2D eigenvalue weighted by Crippen LogP contribution is 2.39.